The molecule has 0 saturated carbocycles. The van der Waals surface area contributed by atoms with Gasteiger partial charge >= 0.3 is 0 Å². The Kier molecular flexibility index (Phi) is 4.41. The minimum absolute atomic E-state index is 0.261. The van der Waals surface area contributed by atoms with Gasteiger partial charge in [0.1, 0.15) is 0 Å². The quantitative estimate of drug-likeness (QED) is 0.931. The molecule has 98 valence electrons. The molecule has 0 aliphatic rings. The summed E-state index contributed by atoms with van der Waals surface area (Å²) >= 11 is 0. The average molecular weight is 274 g/mol. The molecular formula is C14H14N2O2S. The Hall–Kier alpha value is -2.01. The molecule has 0 aliphatic carbocycles. The highest BCUT2D eigenvalue weighted by Gasteiger charge is 2.14. The molecule has 1 N–H and O–H groups in total. The molecule has 1 unspecified atom stereocenters. The number of amides is 1. The zero-order valence-electron chi connectivity index (χ0n) is 10.5. The van der Waals surface area contributed by atoms with E-state index in [0.717, 1.165) is 0 Å². The first-order chi connectivity index (χ1) is 9.22. The lowest BCUT2D eigenvalue weighted by atomic mass is 10.2. The topological polar surface area (TPSA) is 59.1 Å². The highest BCUT2D eigenvalue weighted by Crippen LogP contribution is 2.16. The summed E-state index contributed by atoms with van der Waals surface area (Å²) in [6.07, 6.45) is 3.21. The second kappa shape index (κ2) is 6.24. The number of nitrogens with zero attached hydrogens (tertiary/aromatic N) is 1. The molecule has 5 heteroatoms. The molecule has 1 amide bonds. The van der Waals surface area contributed by atoms with Crippen LogP contribution in [0.5, 0.6) is 0 Å². The van der Waals surface area contributed by atoms with Crippen LogP contribution in [0.3, 0.4) is 0 Å². The zero-order valence-corrected chi connectivity index (χ0v) is 11.3. The van der Waals surface area contributed by atoms with Crippen molar-refractivity contribution in [3.63, 3.8) is 0 Å². The molecule has 1 aromatic heterocycles. The lowest BCUT2D eigenvalue weighted by molar-refractivity contribution is 0.102. The number of carbonyl (C=O) groups is 1. The Morgan fingerprint density at radius 3 is 2.58 bits per heavy atom. The van der Waals surface area contributed by atoms with Crippen LogP contribution >= 0.6 is 0 Å². The molecule has 0 radical (unpaired) electrons. The number of benzene rings is 1. The first-order valence-electron chi connectivity index (χ1n) is 5.91. The molecule has 0 fully saturated rings. The Morgan fingerprint density at radius 2 is 1.89 bits per heavy atom. The van der Waals surface area contributed by atoms with Gasteiger partial charge in [0, 0.05) is 23.8 Å². The van der Waals surface area contributed by atoms with E-state index in [1.165, 1.54) is 0 Å². The second-order valence-electron chi connectivity index (χ2n) is 3.82. The monoisotopic (exact) mass is 274 g/mol. The van der Waals surface area contributed by atoms with Crippen LogP contribution in [0.2, 0.25) is 0 Å². The summed E-state index contributed by atoms with van der Waals surface area (Å²) in [7, 11) is -1.15. The van der Waals surface area contributed by atoms with Crippen molar-refractivity contribution in [3.8, 4) is 0 Å². The third-order valence-electron chi connectivity index (χ3n) is 2.58. The number of anilines is 1. The minimum atomic E-state index is -1.15. The smallest absolute Gasteiger partial charge is 0.256 e. The van der Waals surface area contributed by atoms with E-state index in [1.807, 2.05) is 6.92 Å². The van der Waals surface area contributed by atoms with E-state index >= 15 is 0 Å². The van der Waals surface area contributed by atoms with Gasteiger partial charge in [-0.3, -0.25) is 14.0 Å². The molecule has 0 spiro atoms. The van der Waals surface area contributed by atoms with E-state index in [2.05, 4.69) is 10.3 Å². The van der Waals surface area contributed by atoms with Crippen LogP contribution in [-0.2, 0) is 10.8 Å². The van der Waals surface area contributed by atoms with Crippen LogP contribution in [0.25, 0.3) is 0 Å². The standard InChI is InChI=1S/C14H14N2O2S/c1-2-19(18)13-6-4-3-5-12(13)14(17)16-11-7-9-15-10-8-11/h3-10H,2H2,1H3,(H,15,16,17). The average Bonchev–Trinajstić information content (AvgIpc) is 2.47. The van der Waals surface area contributed by atoms with Crippen molar-refractivity contribution in [1.29, 1.82) is 0 Å². The van der Waals surface area contributed by atoms with E-state index in [-0.39, 0.29) is 5.91 Å². The molecule has 1 atom stereocenters. The van der Waals surface area contributed by atoms with E-state index in [1.54, 1.807) is 48.8 Å². The van der Waals surface area contributed by atoms with Crippen molar-refractivity contribution in [3.05, 3.63) is 54.4 Å². The summed E-state index contributed by atoms with van der Waals surface area (Å²) in [6, 6.07) is 10.4. The van der Waals surface area contributed by atoms with E-state index in [4.69, 9.17) is 0 Å². The molecular weight excluding hydrogens is 260 g/mol. The lowest BCUT2D eigenvalue weighted by Gasteiger charge is -2.09. The van der Waals surface area contributed by atoms with Crippen LogP contribution in [0, 0.1) is 0 Å². The van der Waals surface area contributed by atoms with Crippen molar-refractivity contribution in [2.24, 2.45) is 0 Å². The normalized spacial score (nSPS) is 11.8. The third-order valence-corrected chi connectivity index (χ3v) is 3.95. The van der Waals surface area contributed by atoms with Crippen molar-refractivity contribution in [2.75, 3.05) is 11.1 Å². The fourth-order valence-electron chi connectivity index (χ4n) is 1.64. The van der Waals surface area contributed by atoms with Gasteiger partial charge in [-0.15, -0.1) is 0 Å². The summed E-state index contributed by atoms with van der Waals surface area (Å²) in [5.41, 5.74) is 1.11. The fraction of sp³-hybridized carbons (Fsp3) is 0.143. The van der Waals surface area contributed by atoms with Gasteiger partial charge in [0.15, 0.2) is 0 Å². The Morgan fingerprint density at radius 1 is 1.21 bits per heavy atom. The van der Waals surface area contributed by atoms with Gasteiger partial charge in [-0.25, -0.2) is 0 Å². The molecule has 2 rings (SSSR count). The van der Waals surface area contributed by atoms with Gasteiger partial charge in [-0.1, -0.05) is 19.1 Å². The maximum atomic E-state index is 12.2. The summed E-state index contributed by atoms with van der Waals surface area (Å²) in [6.45, 7) is 1.83. The summed E-state index contributed by atoms with van der Waals surface area (Å²) in [5.74, 6) is 0.225. The molecule has 2 aromatic rings. The fourth-order valence-corrected chi connectivity index (χ4v) is 2.59. The maximum Gasteiger partial charge on any atom is 0.256 e. The van der Waals surface area contributed by atoms with Crippen LogP contribution in [-0.4, -0.2) is 20.9 Å². The molecule has 0 bridgehead atoms. The first kappa shape index (κ1) is 13.4. The molecule has 1 aromatic carbocycles. The van der Waals surface area contributed by atoms with Crippen LogP contribution < -0.4 is 5.32 Å². The zero-order chi connectivity index (χ0) is 13.7. The van der Waals surface area contributed by atoms with Crippen molar-refractivity contribution in [1.82, 2.24) is 4.98 Å². The number of nitrogens with one attached hydrogen (secondary N) is 1. The summed E-state index contributed by atoms with van der Waals surface area (Å²) in [5, 5.41) is 2.76. The summed E-state index contributed by atoms with van der Waals surface area (Å²) < 4.78 is 11.9. The Labute approximate surface area is 114 Å². The van der Waals surface area contributed by atoms with E-state index in [9.17, 15) is 9.00 Å². The highest BCUT2D eigenvalue weighted by atomic mass is 32.2. The van der Waals surface area contributed by atoms with Gasteiger partial charge in [-0.05, 0) is 24.3 Å². The maximum absolute atomic E-state index is 12.2. The minimum Gasteiger partial charge on any atom is -0.322 e. The van der Waals surface area contributed by atoms with Crippen molar-refractivity contribution in [2.45, 2.75) is 11.8 Å². The van der Waals surface area contributed by atoms with E-state index < -0.39 is 10.8 Å². The number of hydrogen-bond donors (Lipinski definition) is 1. The lowest BCUT2D eigenvalue weighted by Crippen LogP contribution is -2.15. The summed E-state index contributed by atoms with van der Waals surface area (Å²) in [4.78, 5) is 16.6. The number of rotatable bonds is 4. The Bertz CT molecular complexity index is 599. The van der Waals surface area contributed by atoms with Gasteiger partial charge in [0.2, 0.25) is 0 Å². The van der Waals surface area contributed by atoms with Crippen LogP contribution in [0.4, 0.5) is 5.69 Å². The largest absolute Gasteiger partial charge is 0.322 e. The SMILES string of the molecule is CCS(=O)c1ccccc1C(=O)Nc1ccncc1. The van der Waals surface area contributed by atoms with Gasteiger partial charge in [-0.2, -0.15) is 0 Å². The number of carbonyl (C=O) groups excluding carboxylic acids is 1. The second-order valence-corrected chi connectivity index (χ2v) is 5.53. The Balaban J connectivity index is 2.27. The van der Waals surface area contributed by atoms with Crippen LogP contribution in [0.1, 0.15) is 17.3 Å². The van der Waals surface area contributed by atoms with Crippen LogP contribution in [0.15, 0.2) is 53.7 Å². The van der Waals surface area contributed by atoms with Crippen molar-refractivity contribution < 1.29 is 9.00 Å². The molecule has 0 saturated heterocycles. The third kappa shape index (κ3) is 3.26. The number of aromatic nitrogens is 1. The van der Waals surface area contributed by atoms with Gasteiger partial charge in [0.25, 0.3) is 5.91 Å². The van der Waals surface area contributed by atoms with Gasteiger partial charge < -0.3 is 5.32 Å². The molecule has 19 heavy (non-hydrogen) atoms. The number of hydrogen-bond acceptors (Lipinski definition) is 3. The predicted molar refractivity (Wildman–Crippen MR) is 75.6 cm³/mol. The highest BCUT2D eigenvalue weighted by molar-refractivity contribution is 7.85. The number of pyridine rings is 1. The van der Waals surface area contributed by atoms with Crippen molar-refractivity contribution >= 4 is 22.4 Å². The molecule has 1 heterocycles. The first-order valence-corrected chi connectivity index (χ1v) is 7.23. The van der Waals surface area contributed by atoms with Gasteiger partial charge in [0.05, 0.1) is 21.3 Å². The molecule has 0 aliphatic heterocycles. The molecule has 4 nitrogen and oxygen atoms in total. The van der Waals surface area contributed by atoms with E-state index in [0.29, 0.717) is 21.9 Å². The predicted octanol–water partition coefficient (Wildman–Crippen LogP) is 2.46.